The predicted molar refractivity (Wildman–Crippen MR) is 143 cm³/mol. The van der Waals surface area contributed by atoms with E-state index in [1.165, 1.54) is 19.3 Å². The number of alkyl carbamates (subject to hydrolysis) is 1. The van der Waals surface area contributed by atoms with Crippen molar-refractivity contribution in [2.45, 2.75) is 64.5 Å². The fraction of sp³-hybridized carbons (Fsp3) is 0.500. The number of aliphatic imine (C=N–C) groups is 1. The molecule has 1 aromatic heterocycles. The maximum absolute atomic E-state index is 11.9. The van der Waals surface area contributed by atoms with Crippen molar-refractivity contribution < 1.29 is 9.53 Å². The number of amidine groups is 1. The van der Waals surface area contributed by atoms with Gasteiger partial charge in [-0.25, -0.2) is 15.2 Å². The number of benzene rings is 1. The summed E-state index contributed by atoms with van der Waals surface area (Å²) in [6.45, 7) is 6.27. The van der Waals surface area contributed by atoms with Crippen LogP contribution in [0.5, 0.6) is 0 Å². The summed E-state index contributed by atoms with van der Waals surface area (Å²) in [5.74, 6) is 3.02. The lowest BCUT2D eigenvalue weighted by Gasteiger charge is -2.30. The third kappa shape index (κ3) is 8.05. The van der Waals surface area contributed by atoms with Gasteiger partial charge in [0.25, 0.3) is 0 Å². The van der Waals surface area contributed by atoms with Crippen LogP contribution in [0.25, 0.3) is 0 Å². The van der Waals surface area contributed by atoms with Crippen LogP contribution in [0.1, 0.15) is 52.0 Å². The third-order valence-corrected chi connectivity index (χ3v) is 6.09. The fourth-order valence-electron chi connectivity index (χ4n) is 4.06. The van der Waals surface area contributed by atoms with Crippen LogP contribution in [-0.4, -0.2) is 46.6 Å². The summed E-state index contributed by atoms with van der Waals surface area (Å²) in [5.41, 5.74) is 7.75. The van der Waals surface area contributed by atoms with Crippen molar-refractivity contribution in [3.63, 3.8) is 0 Å². The highest BCUT2D eigenvalue weighted by Gasteiger charge is 2.31. The molecule has 1 atom stereocenters. The number of rotatable bonds is 9. The third-order valence-electron chi connectivity index (χ3n) is 6.09. The Labute approximate surface area is 217 Å². The fourth-order valence-corrected chi connectivity index (χ4v) is 4.06. The quantitative estimate of drug-likeness (QED) is 0.320. The molecule has 1 aliphatic carbocycles. The van der Waals surface area contributed by atoms with E-state index in [-0.39, 0.29) is 0 Å². The first-order valence-electron chi connectivity index (χ1n) is 12.7. The molecule has 196 valence electrons. The van der Waals surface area contributed by atoms with Crippen LogP contribution in [0.4, 0.5) is 28.1 Å². The number of hydrogen-bond acceptors (Lipinski definition) is 9. The molecular formula is C26H35N9O2. The van der Waals surface area contributed by atoms with Gasteiger partial charge in [0.2, 0.25) is 5.95 Å². The Hall–Kier alpha value is -3.91. The smallest absolute Gasteiger partial charge is 0.407 e. The van der Waals surface area contributed by atoms with Crippen molar-refractivity contribution in [2.24, 2.45) is 10.9 Å². The Morgan fingerprint density at radius 2 is 2.00 bits per heavy atom. The second kappa shape index (κ2) is 11.9. The first-order valence-corrected chi connectivity index (χ1v) is 12.7. The van der Waals surface area contributed by atoms with Gasteiger partial charge in [0.05, 0.1) is 12.5 Å². The summed E-state index contributed by atoms with van der Waals surface area (Å²) in [6.07, 6.45) is 4.54. The molecular weight excluding hydrogens is 470 g/mol. The number of hydrazine groups is 1. The van der Waals surface area contributed by atoms with Gasteiger partial charge in [-0.2, -0.15) is 15.2 Å². The number of carbonyl (C=O) groups excluding carboxylic acids is 1. The van der Waals surface area contributed by atoms with E-state index in [1.807, 2.05) is 45.0 Å². The van der Waals surface area contributed by atoms with Crippen LogP contribution in [-0.2, 0) is 11.2 Å². The summed E-state index contributed by atoms with van der Waals surface area (Å²) in [7, 11) is 0. The second-order valence-electron chi connectivity index (χ2n) is 10.3. The predicted octanol–water partition coefficient (Wildman–Crippen LogP) is 3.92. The summed E-state index contributed by atoms with van der Waals surface area (Å²) in [4.78, 5) is 25.8. The van der Waals surface area contributed by atoms with E-state index in [1.54, 1.807) is 6.07 Å². The molecule has 37 heavy (non-hydrogen) atoms. The van der Waals surface area contributed by atoms with Gasteiger partial charge >= 0.3 is 6.09 Å². The van der Waals surface area contributed by atoms with Crippen molar-refractivity contribution in [1.29, 1.82) is 5.26 Å². The van der Waals surface area contributed by atoms with Gasteiger partial charge in [0, 0.05) is 37.3 Å². The number of nitriles is 1. The number of aromatic nitrogens is 2. The summed E-state index contributed by atoms with van der Waals surface area (Å²) in [5, 5.41) is 18.1. The second-order valence-corrected chi connectivity index (χ2v) is 10.3. The Balaban J connectivity index is 1.44. The molecule has 0 radical (unpaired) electrons. The summed E-state index contributed by atoms with van der Waals surface area (Å²) < 4.78 is 5.27. The monoisotopic (exact) mass is 505 g/mol. The van der Waals surface area contributed by atoms with E-state index in [9.17, 15) is 4.79 Å². The Morgan fingerprint density at radius 3 is 2.68 bits per heavy atom. The van der Waals surface area contributed by atoms with Gasteiger partial charge in [-0.1, -0.05) is 18.6 Å². The highest BCUT2D eigenvalue weighted by Crippen LogP contribution is 2.32. The number of amides is 1. The molecule has 0 bridgehead atoms. The first kappa shape index (κ1) is 26.2. The van der Waals surface area contributed by atoms with Gasteiger partial charge in [-0.3, -0.25) is 0 Å². The molecule has 1 saturated carbocycles. The molecule has 11 nitrogen and oxygen atoms in total. The number of hydrogen-bond donors (Lipinski definition) is 5. The van der Waals surface area contributed by atoms with Crippen LogP contribution in [0.2, 0.25) is 0 Å². The Morgan fingerprint density at radius 1 is 1.22 bits per heavy atom. The first-order chi connectivity index (χ1) is 17.8. The maximum Gasteiger partial charge on any atom is 0.407 e. The van der Waals surface area contributed by atoms with Gasteiger partial charge in [0.1, 0.15) is 17.3 Å². The van der Waals surface area contributed by atoms with Gasteiger partial charge in [-0.15, -0.1) is 0 Å². The average Bonchev–Trinajstić information content (AvgIpc) is 3.23. The lowest BCUT2D eigenvalue weighted by Crippen LogP contribution is -2.38. The summed E-state index contributed by atoms with van der Waals surface area (Å²) in [6, 6.07) is 11.9. The average molecular weight is 506 g/mol. The van der Waals surface area contributed by atoms with Crippen molar-refractivity contribution in [3.8, 4) is 6.07 Å². The molecule has 1 aliphatic heterocycles. The minimum Gasteiger partial charge on any atom is -0.444 e. The molecule has 2 fully saturated rings. The molecule has 11 heteroatoms. The number of nitrogens with one attached hydrogen (secondary N) is 5. The minimum absolute atomic E-state index is 0.359. The SMILES string of the molecule is CC(C)(C)OC(=O)NCCNc1cc(N=C2CC(C3CCC3)NN2)nc(Nc2ccc(CC#N)cc2)n1. The van der Waals surface area contributed by atoms with E-state index in [4.69, 9.17) is 15.0 Å². The van der Waals surface area contributed by atoms with E-state index < -0.39 is 11.7 Å². The van der Waals surface area contributed by atoms with E-state index in [0.717, 1.165) is 23.5 Å². The topological polar surface area (TPSA) is 148 Å². The lowest BCUT2D eigenvalue weighted by atomic mass is 9.79. The number of ether oxygens (including phenoxy) is 1. The molecule has 5 N–H and O–H groups in total. The van der Waals surface area contributed by atoms with Crippen LogP contribution < -0.4 is 26.8 Å². The zero-order valence-electron chi connectivity index (χ0n) is 21.6. The number of carbonyl (C=O) groups is 1. The normalized spacial score (nSPS) is 18.4. The Kier molecular flexibility index (Phi) is 8.40. The molecule has 1 amide bonds. The molecule has 1 unspecified atom stereocenters. The van der Waals surface area contributed by atoms with Crippen molar-refractivity contribution in [3.05, 3.63) is 35.9 Å². The highest BCUT2D eigenvalue weighted by atomic mass is 16.6. The lowest BCUT2D eigenvalue weighted by molar-refractivity contribution is 0.0530. The van der Waals surface area contributed by atoms with Crippen LogP contribution in [0.15, 0.2) is 35.3 Å². The van der Waals surface area contributed by atoms with Crippen LogP contribution in [0, 0.1) is 17.2 Å². The molecule has 2 heterocycles. The van der Waals surface area contributed by atoms with Crippen LogP contribution >= 0.6 is 0 Å². The van der Waals surface area contributed by atoms with Gasteiger partial charge in [0.15, 0.2) is 5.82 Å². The molecule has 1 aromatic carbocycles. The van der Waals surface area contributed by atoms with E-state index in [0.29, 0.717) is 49.1 Å². The standard InChI is InChI=1S/C26H35N9O2/c1-26(2,3)37-25(36)29-14-13-28-21-16-22(31-23-15-20(34-35-23)18-5-4-6-18)33-24(32-21)30-19-9-7-17(8-10-19)11-12-27/h7-10,16,18,20,34H,4-6,11,13-15H2,1-3H3,(H,29,36)(H3,28,30,31,32,33,35). The van der Waals surface area contributed by atoms with Gasteiger partial charge in [-0.05, 0) is 57.2 Å². The molecule has 0 spiro atoms. The summed E-state index contributed by atoms with van der Waals surface area (Å²) >= 11 is 0. The maximum atomic E-state index is 11.9. The van der Waals surface area contributed by atoms with E-state index in [2.05, 4.69) is 42.8 Å². The number of anilines is 3. The Bertz CT molecular complexity index is 1150. The zero-order chi connectivity index (χ0) is 26.3. The van der Waals surface area contributed by atoms with Crippen molar-refractivity contribution in [2.75, 3.05) is 23.7 Å². The zero-order valence-corrected chi connectivity index (χ0v) is 21.6. The molecule has 1 saturated heterocycles. The molecule has 2 aliphatic rings. The van der Waals surface area contributed by atoms with Crippen molar-refractivity contribution in [1.82, 2.24) is 26.1 Å². The van der Waals surface area contributed by atoms with Crippen molar-refractivity contribution >= 4 is 35.2 Å². The van der Waals surface area contributed by atoms with E-state index >= 15 is 0 Å². The minimum atomic E-state index is -0.549. The molecule has 2 aromatic rings. The molecule has 4 rings (SSSR count). The van der Waals surface area contributed by atoms with Crippen LogP contribution in [0.3, 0.4) is 0 Å². The highest BCUT2D eigenvalue weighted by molar-refractivity contribution is 5.86. The number of nitrogens with zero attached hydrogens (tertiary/aromatic N) is 4. The van der Waals surface area contributed by atoms with Gasteiger partial charge < -0.3 is 26.1 Å². The largest absolute Gasteiger partial charge is 0.444 e.